The normalized spacial score (nSPS) is 17.9. The summed E-state index contributed by atoms with van der Waals surface area (Å²) in [4.78, 5) is 14.9. The van der Waals surface area contributed by atoms with E-state index in [1.807, 2.05) is 41.5 Å². The summed E-state index contributed by atoms with van der Waals surface area (Å²) in [7, 11) is 0. The number of anilines is 1. The van der Waals surface area contributed by atoms with Crippen LogP contribution in [0.15, 0.2) is 24.7 Å². The lowest BCUT2D eigenvalue weighted by atomic mass is 9.89. The second-order valence-electron chi connectivity index (χ2n) is 11.4. The minimum Gasteiger partial charge on any atom is -0.471 e. The van der Waals surface area contributed by atoms with Crippen LogP contribution in [-0.2, 0) is 0 Å². The molecule has 1 aliphatic heterocycles. The van der Waals surface area contributed by atoms with Crippen LogP contribution in [-0.4, -0.2) is 54.8 Å². The number of hydrogen-bond donors (Lipinski definition) is 0. The van der Waals surface area contributed by atoms with Gasteiger partial charge >= 0.3 is 6.01 Å². The van der Waals surface area contributed by atoms with E-state index in [1.54, 1.807) is 47.9 Å². The molecule has 0 N–H and O–H groups in total. The molecule has 10 heteroatoms. The van der Waals surface area contributed by atoms with E-state index < -0.39 is 29.1 Å². The first kappa shape index (κ1) is 24.1. The molecule has 0 bridgehead atoms. The summed E-state index contributed by atoms with van der Waals surface area (Å²) < 4.78 is 42.7. The summed E-state index contributed by atoms with van der Waals surface area (Å²) in [5.74, 6) is -2.04. The molecule has 0 unspecified atom stereocenters. The smallest absolute Gasteiger partial charge is 0.320 e. The number of hydrogen-bond acceptors (Lipinski definition) is 7. The van der Waals surface area contributed by atoms with Crippen molar-refractivity contribution in [1.29, 1.82) is 0 Å². The average molecular weight is 475 g/mol. The van der Waals surface area contributed by atoms with Crippen LogP contribution in [0.3, 0.4) is 0 Å². The van der Waals surface area contributed by atoms with Gasteiger partial charge in [-0.2, -0.15) is 10.1 Å². The van der Waals surface area contributed by atoms with Gasteiger partial charge in [-0.3, -0.25) is 0 Å². The van der Waals surface area contributed by atoms with Gasteiger partial charge in [-0.1, -0.05) is 13.8 Å². The zero-order valence-electron chi connectivity index (χ0n) is 21.0. The van der Waals surface area contributed by atoms with E-state index in [9.17, 15) is 8.78 Å². The highest BCUT2D eigenvalue weighted by Gasteiger charge is 2.54. The monoisotopic (exact) mass is 474 g/mol. The number of nitrogens with zero attached hydrogens (tertiary/aromatic N) is 6. The summed E-state index contributed by atoms with van der Waals surface area (Å²) in [5, 5.41) is 4.64. The molecule has 1 aliphatic rings. The van der Waals surface area contributed by atoms with Gasteiger partial charge in [0.05, 0.1) is 12.1 Å². The fourth-order valence-electron chi connectivity index (χ4n) is 3.75. The van der Waals surface area contributed by atoms with Crippen molar-refractivity contribution >= 4 is 11.3 Å². The Morgan fingerprint density at radius 1 is 0.971 bits per heavy atom. The van der Waals surface area contributed by atoms with Gasteiger partial charge in [-0.25, -0.2) is 23.3 Å². The van der Waals surface area contributed by atoms with E-state index >= 15 is 0 Å². The first-order chi connectivity index (χ1) is 15.5. The summed E-state index contributed by atoms with van der Waals surface area (Å²) in [6.45, 7) is 14.4. The lowest BCUT2D eigenvalue weighted by molar-refractivity contribution is -0.0642. The van der Waals surface area contributed by atoms with Crippen LogP contribution >= 0.6 is 0 Å². The van der Waals surface area contributed by atoms with Crippen molar-refractivity contribution in [3.05, 3.63) is 24.7 Å². The highest BCUT2D eigenvalue weighted by Crippen LogP contribution is 2.45. The summed E-state index contributed by atoms with van der Waals surface area (Å²) >= 11 is 0. The Labute approximate surface area is 198 Å². The van der Waals surface area contributed by atoms with Gasteiger partial charge in [0.25, 0.3) is 5.92 Å². The fraction of sp³-hybridized carbons (Fsp3) is 0.583. The predicted molar refractivity (Wildman–Crippen MR) is 126 cm³/mol. The van der Waals surface area contributed by atoms with E-state index in [1.165, 1.54) is 0 Å². The number of fused-ring (bicyclic) bond motifs is 1. The molecule has 1 saturated heterocycles. The molecule has 184 valence electrons. The van der Waals surface area contributed by atoms with Crippen molar-refractivity contribution in [3.8, 4) is 23.1 Å². The number of alkyl halides is 2. The van der Waals surface area contributed by atoms with Gasteiger partial charge in [0.2, 0.25) is 5.88 Å². The molecule has 0 aromatic carbocycles. The SMILES string of the molecule is CC(C)(C)Oc1ncc(-c2cc3c(N4CC(C)(C)C(F)(F)C4)nccn3n2)c(OC(C)(C)C)n1. The molecule has 0 saturated carbocycles. The molecule has 4 rings (SSSR count). The van der Waals surface area contributed by atoms with Crippen molar-refractivity contribution in [2.75, 3.05) is 18.0 Å². The standard InChI is InChI=1S/C24H32F2N6O2/c1-21(2,3)33-19-15(12-28-20(29-19)34-22(4,5)6)16-11-17-18(27-9-10-32(17)30-16)31-13-23(7,8)24(25,26)14-31/h9-12H,13-14H2,1-8H3. The van der Waals surface area contributed by atoms with Crippen molar-refractivity contribution in [2.45, 2.75) is 72.5 Å². The maximum atomic E-state index is 14.6. The van der Waals surface area contributed by atoms with E-state index in [-0.39, 0.29) is 12.6 Å². The van der Waals surface area contributed by atoms with Crippen LogP contribution in [0.5, 0.6) is 11.9 Å². The largest absolute Gasteiger partial charge is 0.471 e. The van der Waals surface area contributed by atoms with Gasteiger partial charge in [-0.15, -0.1) is 0 Å². The molecule has 0 atom stereocenters. The first-order valence-electron chi connectivity index (χ1n) is 11.3. The molecular weight excluding hydrogens is 442 g/mol. The zero-order chi connectivity index (χ0) is 25.1. The van der Waals surface area contributed by atoms with Crippen molar-refractivity contribution < 1.29 is 18.3 Å². The summed E-state index contributed by atoms with van der Waals surface area (Å²) in [6, 6.07) is 1.99. The van der Waals surface area contributed by atoms with Crippen LogP contribution in [0, 0.1) is 5.41 Å². The third-order valence-corrected chi connectivity index (χ3v) is 5.44. The maximum Gasteiger partial charge on any atom is 0.320 e. The number of halogens is 2. The lowest BCUT2D eigenvalue weighted by Gasteiger charge is -2.24. The molecule has 0 radical (unpaired) electrons. The molecule has 34 heavy (non-hydrogen) atoms. The lowest BCUT2D eigenvalue weighted by Crippen LogP contribution is -2.34. The molecule has 4 heterocycles. The third kappa shape index (κ3) is 4.76. The Bertz CT molecular complexity index is 1190. The Morgan fingerprint density at radius 2 is 1.65 bits per heavy atom. The molecule has 3 aromatic heterocycles. The van der Waals surface area contributed by atoms with Crippen molar-refractivity contribution in [1.82, 2.24) is 24.6 Å². The van der Waals surface area contributed by atoms with Crippen LogP contribution in [0.4, 0.5) is 14.6 Å². The second-order valence-corrected chi connectivity index (χ2v) is 11.4. The van der Waals surface area contributed by atoms with Gasteiger partial charge in [-0.05, 0) is 47.6 Å². The van der Waals surface area contributed by atoms with E-state index in [0.717, 1.165) is 0 Å². The molecule has 3 aromatic rings. The molecule has 1 fully saturated rings. The highest BCUT2D eigenvalue weighted by molar-refractivity contribution is 5.77. The van der Waals surface area contributed by atoms with Crippen LogP contribution in [0.2, 0.25) is 0 Å². The molecular formula is C24H32F2N6O2. The van der Waals surface area contributed by atoms with E-state index in [4.69, 9.17) is 9.47 Å². The maximum absolute atomic E-state index is 14.6. The Balaban J connectivity index is 1.78. The molecule has 0 amide bonds. The average Bonchev–Trinajstić information content (AvgIpc) is 3.16. The predicted octanol–water partition coefficient (Wildman–Crippen LogP) is 5.02. The Morgan fingerprint density at radius 3 is 2.24 bits per heavy atom. The Hall–Kier alpha value is -3.04. The zero-order valence-corrected chi connectivity index (χ0v) is 21.0. The topological polar surface area (TPSA) is 77.7 Å². The van der Waals surface area contributed by atoms with Crippen LogP contribution in [0.1, 0.15) is 55.4 Å². The van der Waals surface area contributed by atoms with E-state index in [2.05, 4.69) is 20.1 Å². The van der Waals surface area contributed by atoms with Gasteiger partial charge in [0.1, 0.15) is 22.4 Å². The minimum absolute atomic E-state index is 0.188. The van der Waals surface area contributed by atoms with E-state index in [0.29, 0.717) is 28.5 Å². The first-order valence-corrected chi connectivity index (χ1v) is 11.3. The fourth-order valence-corrected chi connectivity index (χ4v) is 3.75. The summed E-state index contributed by atoms with van der Waals surface area (Å²) in [6.07, 6.45) is 4.85. The van der Waals surface area contributed by atoms with Gasteiger partial charge in [0, 0.05) is 30.6 Å². The summed E-state index contributed by atoms with van der Waals surface area (Å²) in [5.41, 5.74) is -0.438. The minimum atomic E-state index is -2.82. The molecule has 0 spiro atoms. The second kappa shape index (κ2) is 7.74. The highest BCUT2D eigenvalue weighted by atomic mass is 19.3. The number of rotatable bonds is 4. The molecule has 0 aliphatic carbocycles. The van der Waals surface area contributed by atoms with Crippen LogP contribution in [0.25, 0.3) is 16.8 Å². The quantitative estimate of drug-likeness (QED) is 0.525. The van der Waals surface area contributed by atoms with Crippen LogP contribution < -0.4 is 14.4 Å². The van der Waals surface area contributed by atoms with Crippen molar-refractivity contribution in [2.24, 2.45) is 5.41 Å². The van der Waals surface area contributed by atoms with Gasteiger partial charge < -0.3 is 14.4 Å². The Kier molecular flexibility index (Phi) is 5.49. The van der Waals surface area contributed by atoms with Crippen molar-refractivity contribution in [3.63, 3.8) is 0 Å². The van der Waals surface area contributed by atoms with Gasteiger partial charge in [0.15, 0.2) is 5.82 Å². The third-order valence-electron chi connectivity index (χ3n) is 5.44. The molecule has 8 nitrogen and oxygen atoms in total. The number of aromatic nitrogens is 5. The number of ether oxygens (including phenoxy) is 2.